The molecule has 41 heavy (non-hydrogen) atoms. The van der Waals surface area contributed by atoms with Crippen LogP contribution in [0.15, 0.2) is 42.5 Å². The van der Waals surface area contributed by atoms with Crippen LogP contribution < -0.4 is 20.7 Å². The van der Waals surface area contributed by atoms with Gasteiger partial charge in [0.05, 0.1) is 13.2 Å². The van der Waals surface area contributed by atoms with Crippen molar-refractivity contribution in [2.75, 3.05) is 33.4 Å². The standard InChI is InChI=1S/C29H36F2N4O6/c1-18(2)10-25-29(39)35(8-9-40-3)16-26(36)33-24(28(38)32-15-20-11-21(30)14-22(31)12-20)13-19-4-6-23(7-5-19)41-17-27(37)34-25/h4-7,11-12,14,18,24-25H,8-10,13,15-17H2,1-3H3,(H,32,38)(H,33,36)(H,34,37)/t24-,25-/m0/s1. The Labute approximate surface area is 237 Å². The highest BCUT2D eigenvalue weighted by Gasteiger charge is 2.30. The second-order valence-corrected chi connectivity index (χ2v) is 10.3. The van der Waals surface area contributed by atoms with Gasteiger partial charge in [-0.15, -0.1) is 0 Å². The maximum atomic E-state index is 13.6. The number of ether oxygens (including phenoxy) is 2. The van der Waals surface area contributed by atoms with Gasteiger partial charge in [0.25, 0.3) is 5.91 Å². The molecule has 2 aliphatic heterocycles. The Kier molecular flexibility index (Phi) is 11.6. The Morgan fingerprint density at radius 3 is 2.39 bits per heavy atom. The van der Waals surface area contributed by atoms with Gasteiger partial charge in [-0.1, -0.05) is 26.0 Å². The van der Waals surface area contributed by atoms with E-state index in [1.54, 1.807) is 24.3 Å². The molecule has 2 bridgehead atoms. The average molecular weight is 575 g/mol. The van der Waals surface area contributed by atoms with E-state index in [-0.39, 0.29) is 50.8 Å². The summed E-state index contributed by atoms with van der Waals surface area (Å²) in [4.78, 5) is 53.8. The molecule has 2 aromatic carbocycles. The highest BCUT2D eigenvalue weighted by atomic mass is 19.1. The number of hydrogen-bond donors (Lipinski definition) is 3. The first-order valence-electron chi connectivity index (χ1n) is 13.3. The van der Waals surface area contributed by atoms with Crippen LogP contribution in [-0.2, 0) is 36.9 Å². The van der Waals surface area contributed by atoms with E-state index in [0.717, 1.165) is 18.2 Å². The molecule has 10 nitrogen and oxygen atoms in total. The third kappa shape index (κ3) is 10.1. The number of methoxy groups -OCH3 is 1. The summed E-state index contributed by atoms with van der Waals surface area (Å²) >= 11 is 0. The minimum absolute atomic E-state index is 0.0565. The van der Waals surface area contributed by atoms with Crippen LogP contribution in [-0.4, -0.2) is 74.0 Å². The predicted molar refractivity (Wildman–Crippen MR) is 146 cm³/mol. The summed E-state index contributed by atoms with van der Waals surface area (Å²) < 4.78 is 37.9. The van der Waals surface area contributed by atoms with Gasteiger partial charge in [-0.2, -0.15) is 0 Å². The Morgan fingerprint density at radius 1 is 1.07 bits per heavy atom. The average Bonchev–Trinajstić information content (AvgIpc) is 2.91. The number of halogens is 2. The van der Waals surface area contributed by atoms with Crippen LogP contribution in [0, 0.1) is 17.6 Å². The number of benzene rings is 2. The summed E-state index contributed by atoms with van der Waals surface area (Å²) in [6, 6.07) is 7.62. The minimum atomic E-state index is -1.06. The number of carbonyl (C=O) groups is 4. The van der Waals surface area contributed by atoms with Crippen LogP contribution in [0.4, 0.5) is 8.78 Å². The summed E-state index contributed by atoms with van der Waals surface area (Å²) in [5.74, 6) is -3.22. The molecule has 12 heteroatoms. The first-order valence-corrected chi connectivity index (χ1v) is 13.3. The van der Waals surface area contributed by atoms with E-state index in [9.17, 15) is 28.0 Å². The van der Waals surface area contributed by atoms with Gasteiger partial charge in [0.1, 0.15) is 29.5 Å². The van der Waals surface area contributed by atoms with Crippen molar-refractivity contribution in [3.05, 3.63) is 65.2 Å². The van der Waals surface area contributed by atoms with E-state index in [4.69, 9.17) is 9.47 Å². The molecule has 2 heterocycles. The van der Waals surface area contributed by atoms with Crippen molar-refractivity contribution >= 4 is 23.6 Å². The summed E-state index contributed by atoms with van der Waals surface area (Å²) in [6.07, 6.45) is 0.411. The van der Waals surface area contributed by atoms with Crippen molar-refractivity contribution in [2.24, 2.45) is 5.92 Å². The SMILES string of the molecule is COCCN1CC(=O)N[C@H](C(=O)NCc2cc(F)cc(F)c2)Cc2ccc(cc2)OCC(=O)N[C@@H](CC(C)C)C1=O. The highest BCUT2D eigenvalue weighted by Crippen LogP contribution is 2.15. The van der Waals surface area contributed by atoms with E-state index >= 15 is 0 Å². The van der Waals surface area contributed by atoms with E-state index in [0.29, 0.717) is 17.7 Å². The number of nitrogens with zero attached hydrogens (tertiary/aromatic N) is 1. The van der Waals surface area contributed by atoms with E-state index < -0.39 is 47.3 Å². The van der Waals surface area contributed by atoms with Crippen molar-refractivity contribution < 1.29 is 37.4 Å². The normalized spacial score (nSPS) is 18.6. The minimum Gasteiger partial charge on any atom is -0.484 e. The second-order valence-electron chi connectivity index (χ2n) is 10.3. The molecule has 2 atom stereocenters. The fourth-order valence-corrected chi connectivity index (χ4v) is 4.37. The largest absolute Gasteiger partial charge is 0.484 e. The molecule has 2 aromatic rings. The monoisotopic (exact) mass is 574 g/mol. The molecule has 0 fully saturated rings. The number of fused-ring (bicyclic) bond motifs is 13. The number of amides is 4. The third-order valence-corrected chi connectivity index (χ3v) is 6.33. The lowest BCUT2D eigenvalue weighted by Crippen LogP contribution is -2.55. The Morgan fingerprint density at radius 2 is 1.76 bits per heavy atom. The first-order chi connectivity index (χ1) is 19.5. The van der Waals surface area contributed by atoms with Gasteiger partial charge >= 0.3 is 0 Å². The van der Waals surface area contributed by atoms with Crippen LogP contribution in [0.25, 0.3) is 0 Å². The Bertz CT molecular complexity index is 1200. The van der Waals surface area contributed by atoms with Gasteiger partial charge in [0.2, 0.25) is 17.7 Å². The molecule has 4 amide bonds. The van der Waals surface area contributed by atoms with Gasteiger partial charge in [0.15, 0.2) is 6.61 Å². The zero-order valence-corrected chi connectivity index (χ0v) is 23.4. The molecular weight excluding hydrogens is 538 g/mol. The van der Waals surface area contributed by atoms with Gasteiger partial charge in [-0.25, -0.2) is 8.78 Å². The molecule has 3 N–H and O–H groups in total. The molecule has 0 aromatic heterocycles. The number of hydrogen-bond acceptors (Lipinski definition) is 6. The van der Waals surface area contributed by atoms with Crippen molar-refractivity contribution in [1.29, 1.82) is 0 Å². The fraction of sp³-hybridized carbons (Fsp3) is 0.448. The summed E-state index contributed by atoms with van der Waals surface area (Å²) in [7, 11) is 1.46. The number of carbonyl (C=O) groups excluding carboxylic acids is 4. The lowest BCUT2D eigenvalue weighted by Gasteiger charge is -2.29. The molecule has 4 rings (SSSR count). The van der Waals surface area contributed by atoms with Crippen molar-refractivity contribution in [2.45, 2.75) is 45.3 Å². The van der Waals surface area contributed by atoms with Gasteiger partial charge in [0, 0.05) is 32.7 Å². The Hall–Kier alpha value is -4.06. The fourth-order valence-electron chi connectivity index (χ4n) is 4.37. The quantitative estimate of drug-likeness (QED) is 0.412. The van der Waals surface area contributed by atoms with Crippen LogP contribution in [0.5, 0.6) is 5.75 Å². The number of nitrogens with one attached hydrogen (secondary N) is 3. The zero-order valence-electron chi connectivity index (χ0n) is 23.4. The lowest BCUT2D eigenvalue weighted by atomic mass is 10.0. The molecule has 2 aliphatic rings. The summed E-state index contributed by atoms with van der Waals surface area (Å²) in [5.41, 5.74) is 0.891. The Balaban J connectivity index is 1.87. The van der Waals surface area contributed by atoms with Crippen LogP contribution in [0.3, 0.4) is 0 Å². The molecular formula is C29H36F2N4O6. The van der Waals surface area contributed by atoms with Gasteiger partial charge < -0.3 is 30.3 Å². The predicted octanol–water partition coefficient (Wildman–Crippen LogP) is 1.71. The van der Waals surface area contributed by atoms with Crippen molar-refractivity contribution in [3.8, 4) is 5.75 Å². The maximum absolute atomic E-state index is 13.6. The van der Waals surface area contributed by atoms with Crippen LogP contribution in [0.2, 0.25) is 0 Å². The van der Waals surface area contributed by atoms with Crippen LogP contribution >= 0.6 is 0 Å². The molecule has 222 valence electrons. The zero-order chi connectivity index (χ0) is 29.9. The van der Waals surface area contributed by atoms with E-state index in [1.165, 1.54) is 12.0 Å². The summed E-state index contributed by atoms with van der Waals surface area (Å²) in [5, 5.41) is 8.01. The summed E-state index contributed by atoms with van der Waals surface area (Å²) in [6.45, 7) is 3.17. The van der Waals surface area contributed by atoms with Crippen molar-refractivity contribution in [1.82, 2.24) is 20.9 Å². The molecule has 0 saturated heterocycles. The highest BCUT2D eigenvalue weighted by molar-refractivity contribution is 5.93. The van der Waals surface area contributed by atoms with Gasteiger partial charge in [-0.3, -0.25) is 19.2 Å². The van der Waals surface area contributed by atoms with Gasteiger partial charge in [-0.05, 0) is 47.7 Å². The smallest absolute Gasteiger partial charge is 0.258 e. The molecule has 0 spiro atoms. The molecule has 0 aliphatic carbocycles. The number of rotatable bonds is 8. The maximum Gasteiger partial charge on any atom is 0.258 e. The van der Waals surface area contributed by atoms with E-state index in [1.807, 2.05) is 13.8 Å². The lowest BCUT2D eigenvalue weighted by molar-refractivity contribution is -0.141. The topological polar surface area (TPSA) is 126 Å². The second kappa shape index (κ2) is 15.1. The molecule has 0 radical (unpaired) electrons. The first kappa shape index (κ1) is 31.5. The molecule has 0 unspecified atom stereocenters. The third-order valence-electron chi connectivity index (χ3n) is 6.33. The van der Waals surface area contributed by atoms with Crippen LogP contribution in [0.1, 0.15) is 31.4 Å². The van der Waals surface area contributed by atoms with E-state index in [2.05, 4.69) is 16.0 Å². The van der Waals surface area contributed by atoms with Crippen molar-refractivity contribution in [3.63, 3.8) is 0 Å². The molecule has 0 saturated carbocycles.